The predicted octanol–water partition coefficient (Wildman–Crippen LogP) is 6.21. The third-order valence-corrected chi connectivity index (χ3v) is 6.78. The van der Waals surface area contributed by atoms with Crippen molar-refractivity contribution in [1.82, 2.24) is 4.90 Å². The monoisotopic (exact) mass is 493 g/mol. The van der Waals surface area contributed by atoms with Gasteiger partial charge in [-0.2, -0.15) is 0 Å². The van der Waals surface area contributed by atoms with Crippen molar-refractivity contribution in [3.8, 4) is 0 Å². The Morgan fingerprint density at radius 1 is 1.12 bits per heavy atom. The molecule has 3 unspecified atom stereocenters. The minimum absolute atomic E-state index is 0.0174. The summed E-state index contributed by atoms with van der Waals surface area (Å²) in [5, 5.41) is 1.48. The van der Waals surface area contributed by atoms with Crippen LogP contribution < -0.4 is 5.63 Å². The van der Waals surface area contributed by atoms with Crippen molar-refractivity contribution in [2.24, 2.45) is 0 Å². The van der Waals surface area contributed by atoms with Crippen LogP contribution >= 0.6 is 15.9 Å². The number of ether oxygens (including phenoxy) is 1. The van der Waals surface area contributed by atoms with Gasteiger partial charge < -0.3 is 9.15 Å². The molecule has 3 heterocycles. The van der Waals surface area contributed by atoms with Crippen molar-refractivity contribution >= 4 is 38.4 Å². The second-order valence-corrected chi connectivity index (χ2v) is 9.81. The van der Waals surface area contributed by atoms with Gasteiger partial charge in [-0.05, 0) is 48.8 Å². The molecule has 32 heavy (non-hydrogen) atoms. The van der Waals surface area contributed by atoms with Gasteiger partial charge in [0.15, 0.2) is 0 Å². The van der Waals surface area contributed by atoms with Crippen LogP contribution in [0, 0.1) is 0 Å². The van der Waals surface area contributed by atoms with Crippen molar-refractivity contribution in [2.45, 2.75) is 49.7 Å². The van der Waals surface area contributed by atoms with E-state index in [2.05, 4.69) is 22.0 Å². The number of hydrogen-bond donors (Lipinski definition) is 0. The van der Waals surface area contributed by atoms with E-state index in [1.807, 2.05) is 60.4 Å². The van der Waals surface area contributed by atoms with Crippen molar-refractivity contribution in [1.29, 1.82) is 0 Å². The fourth-order valence-electron chi connectivity index (χ4n) is 4.92. The van der Waals surface area contributed by atoms with Crippen LogP contribution in [0.4, 0.5) is 4.79 Å². The molecule has 1 saturated heterocycles. The molecule has 164 valence electrons. The Hall–Kier alpha value is -2.86. The summed E-state index contributed by atoms with van der Waals surface area (Å²) >= 11 is 3.60. The molecule has 2 aromatic carbocycles. The Morgan fingerprint density at radius 3 is 2.56 bits per heavy atom. The smallest absolute Gasteiger partial charge is 0.410 e. The Kier molecular flexibility index (Phi) is 5.64. The molecule has 3 atom stereocenters. The van der Waals surface area contributed by atoms with E-state index < -0.39 is 0 Å². The molecule has 0 radical (unpaired) electrons. The zero-order chi connectivity index (χ0) is 22.2. The fraction of sp³-hybridized carbons (Fsp3) is 0.308. The zero-order valence-electron chi connectivity index (χ0n) is 17.8. The van der Waals surface area contributed by atoms with Crippen molar-refractivity contribution in [3.63, 3.8) is 0 Å². The number of carbonyl (C=O) groups is 1. The molecule has 1 amide bonds. The van der Waals surface area contributed by atoms with Crippen molar-refractivity contribution in [3.05, 3.63) is 88.0 Å². The normalized spacial score (nSPS) is 20.8. The van der Waals surface area contributed by atoms with Crippen LogP contribution in [0.25, 0.3) is 16.3 Å². The van der Waals surface area contributed by atoms with Gasteiger partial charge in [0.2, 0.25) is 0 Å². The minimum atomic E-state index is -0.323. The van der Waals surface area contributed by atoms with Gasteiger partial charge in [-0.25, -0.2) is 9.59 Å². The first-order valence-corrected chi connectivity index (χ1v) is 11.8. The van der Waals surface area contributed by atoms with Gasteiger partial charge in [0, 0.05) is 11.6 Å². The highest BCUT2D eigenvalue weighted by Crippen LogP contribution is 2.43. The maximum absolute atomic E-state index is 12.9. The lowest BCUT2D eigenvalue weighted by atomic mass is 9.90. The summed E-state index contributed by atoms with van der Waals surface area (Å²) in [5.41, 5.74) is 2.75. The highest BCUT2D eigenvalue weighted by molar-refractivity contribution is 9.09. The summed E-state index contributed by atoms with van der Waals surface area (Å²) in [5.74, 6) is 0.638. The highest BCUT2D eigenvalue weighted by atomic mass is 79.9. The molecule has 5 rings (SSSR count). The molecule has 1 aromatic heterocycles. The molecule has 0 aliphatic carbocycles. The molecule has 6 heteroatoms. The standard InChI is InChI=1S/C26H24BrNO4/c1-16(27)24-23(21-9-5-6-10-22(21)25(29)32-24)18-13-19-11-12-20(14-18)28(19)26(30)31-15-17-7-3-2-4-8-17/h2-10,13,16,19-20H,11-12,14-15H2,1H3. The van der Waals surface area contributed by atoms with E-state index in [1.165, 1.54) is 0 Å². The topological polar surface area (TPSA) is 59.8 Å². The Balaban J connectivity index is 1.47. The number of carbonyl (C=O) groups excluding carboxylic acids is 1. The first-order chi connectivity index (χ1) is 15.5. The summed E-state index contributed by atoms with van der Waals surface area (Å²) in [6, 6.07) is 17.4. The number of halogens is 1. The Bertz CT molecular complexity index is 1250. The predicted molar refractivity (Wildman–Crippen MR) is 128 cm³/mol. The maximum atomic E-state index is 12.9. The first kappa shape index (κ1) is 21.0. The van der Waals surface area contributed by atoms with E-state index in [0.717, 1.165) is 34.9 Å². The number of benzene rings is 2. The molecule has 5 nitrogen and oxygen atoms in total. The summed E-state index contributed by atoms with van der Waals surface area (Å²) in [6.07, 6.45) is 4.44. The van der Waals surface area contributed by atoms with Crippen molar-refractivity contribution < 1.29 is 13.9 Å². The van der Waals surface area contributed by atoms with Gasteiger partial charge in [-0.1, -0.05) is 70.5 Å². The van der Waals surface area contributed by atoms with Crippen molar-refractivity contribution in [2.75, 3.05) is 0 Å². The number of amides is 1. The number of alkyl halides is 1. The summed E-state index contributed by atoms with van der Waals surface area (Å²) in [6.45, 7) is 2.23. The largest absolute Gasteiger partial charge is 0.445 e. The number of fused-ring (bicyclic) bond motifs is 3. The molecule has 2 aliphatic rings. The van der Waals surface area contributed by atoms with E-state index in [9.17, 15) is 9.59 Å². The second-order valence-electron chi connectivity index (χ2n) is 8.43. The lowest BCUT2D eigenvalue weighted by Crippen LogP contribution is -2.43. The number of hydrogen-bond acceptors (Lipinski definition) is 4. The summed E-state index contributed by atoms with van der Waals surface area (Å²) in [7, 11) is 0. The molecule has 3 aromatic rings. The molecule has 0 N–H and O–H groups in total. The molecule has 1 fully saturated rings. The average molecular weight is 494 g/mol. The zero-order valence-corrected chi connectivity index (χ0v) is 19.4. The van der Waals surface area contributed by atoms with Crippen LogP contribution in [0.5, 0.6) is 0 Å². The highest BCUT2D eigenvalue weighted by Gasteiger charge is 2.41. The maximum Gasteiger partial charge on any atom is 0.410 e. The Labute approximate surface area is 194 Å². The van der Waals surface area contributed by atoms with Crippen LogP contribution in [-0.4, -0.2) is 23.1 Å². The molecule has 2 aliphatic heterocycles. The third-order valence-electron chi connectivity index (χ3n) is 6.36. The van der Waals surface area contributed by atoms with Gasteiger partial charge in [-0.3, -0.25) is 4.90 Å². The van der Waals surface area contributed by atoms with E-state index in [0.29, 0.717) is 17.6 Å². The SMILES string of the molecule is CC(Br)c1oc(=O)c2ccccc2c1C1=CC2CCC(C1)N2C(=O)OCc1ccccc1. The summed E-state index contributed by atoms with van der Waals surface area (Å²) in [4.78, 5) is 27.2. The molecule has 0 spiro atoms. The quantitative estimate of drug-likeness (QED) is 0.405. The second kappa shape index (κ2) is 8.58. The van der Waals surface area contributed by atoms with E-state index in [4.69, 9.17) is 9.15 Å². The molecular weight excluding hydrogens is 470 g/mol. The lowest BCUT2D eigenvalue weighted by Gasteiger charge is -2.34. The van der Waals surface area contributed by atoms with Gasteiger partial charge in [0.1, 0.15) is 12.4 Å². The molecule has 2 bridgehead atoms. The molecule has 0 saturated carbocycles. The van der Waals surface area contributed by atoms with Crippen LogP contribution in [-0.2, 0) is 11.3 Å². The van der Waals surface area contributed by atoms with Crippen LogP contribution in [0.2, 0.25) is 0 Å². The number of rotatable bonds is 4. The Morgan fingerprint density at radius 2 is 1.84 bits per heavy atom. The van der Waals surface area contributed by atoms with Gasteiger partial charge in [-0.15, -0.1) is 0 Å². The van der Waals surface area contributed by atoms with Gasteiger partial charge in [0.25, 0.3) is 0 Å². The van der Waals surface area contributed by atoms with E-state index in [-0.39, 0.29) is 35.2 Å². The van der Waals surface area contributed by atoms with Crippen LogP contribution in [0.15, 0.2) is 69.9 Å². The lowest BCUT2D eigenvalue weighted by molar-refractivity contribution is 0.0832. The minimum Gasteiger partial charge on any atom is -0.445 e. The first-order valence-electron chi connectivity index (χ1n) is 10.9. The summed E-state index contributed by atoms with van der Waals surface area (Å²) < 4.78 is 11.4. The van der Waals surface area contributed by atoms with E-state index in [1.54, 1.807) is 6.07 Å². The fourth-order valence-corrected chi connectivity index (χ4v) is 5.25. The number of nitrogens with zero attached hydrogens (tertiary/aromatic N) is 1. The van der Waals surface area contributed by atoms with Crippen LogP contribution in [0.3, 0.4) is 0 Å². The van der Waals surface area contributed by atoms with Crippen LogP contribution in [0.1, 0.15) is 47.9 Å². The van der Waals surface area contributed by atoms with E-state index >= 15 is 0 Å². The third kappa shape index (κ3) is 3.77. The average Bonchev–Trinajstić information content (AvgIpc) is 3.07. The van der Waals surface area contributed by atoms with Gasteiger partial charge >= 0.3 is 11.7 Å². The molecular formula is C26H24BrNO4. The van der Waals surface area contributed by atoms with Gasteiger partial charge in [0.05, 0.1) is 16.3 Å².